The van der Waals surface area contributed by atoms with Gasteiger partial charge < -0.3 is 13.7 Å². The molecule has 0 aliphatic heterocycles. The van der Waals surface area contributed by atoms with Gasteiger partial charge >= 0.3 is 0 Å². The Morgan fingerprint density at radius 3 is 1.73 bits per heavy atom. The lowest BCUT2D eigenvalue weighted by atomic mass is 9.93. The average molecular weight is 705 g/mol. The number of oxazole rings is 1. The van der Waals surface area contributed by atoms with Crippen LogP contribution in [0.2, 0.25) is 0 Å². The lowest BCUT2D eigenvalue weighted by Gasteiger charge is -2.27. The molecule has 4 nitrogen and oxygen atoms in total. The summed E-state index contributed by atoms with van der Waals surface area (Å²) in [6.45, 7) is 0. The van der Waals surface area contributed by atoms with Gasteiger partial charge in [0, 0.05) is 38.8 Å². The van der Waals surface area contributed by atoms with Crippen LogP contribution in [-0.4, -0.2) is 4.98 Å². The van der Waals surface area contributed by atoms with E-state index in [1.807, 2.05) is 42.5 Å². The lowest BCUT2D eigenvalue weighted by Crippen LogP contribution is -2.10. The van der Waals surface area contributed by atoms with Crippen molar-refractivity contribution >= 4 is 71.6 Å². The molecule has 55 heavy (non-hydrogen) atoms. The predicted molar refractivity (Wildman–Crippen MR) is 227 cm³/mol. The van der Waals surface area contributed by atoms with Gasteiger partial charge in [0.1, 0.15) is 16.7 Å². The van der Waals surface area contributed by atoms with Crippen LogP contribution in [0.25, 0.3) is 88.3 Å². The fourth-order valence-corrected chi connectivity index (χ4v) is 8.05. The molecule has 2 heterocycles. The van der Waals surface area contributed by atoms with E-state index in [9.17, 15) is 0 Å². The zero-order valence-corrected chi connectivity index (χ0v) is 29.7. The molecule has 9 aromatic carbocycles. The molecule has 0 aliphatic rings. The van der Waals surface area contributed by atoms with E-state index < -0.39 is 0 Å². The van der Waals surface area contributed by atoms with E-state index in [4.69, 9.17) is 13.8 Å². The molecule has 0 fully saturated rings. The highest BCUT2D eigenvalue weighted by Gasteiger charge is 2.20. The summed E-state index contributed by atoms with van der Waals surface area (Å²) in [7, 11) is 0. The molecule has 0 N–H and O–H groups in total. The van der Waals surface area contributed by atoms with Crippen LogP contribution in [0.15, 0.2) is 203 Å². The normalized spacial score (nSPS) is 11.6. The van der Waals surface area contributed by atoms with Crippen LogP contribution in [0.4, 0.5) is 17.1 Å². The molecule has 0 radical (unpaired) electrons. The number of hydrogen-bond acceptors (Lipinski definition) is 4. The van der Waals surface area contributed by atoms with E-state index in [1.54, 1.807) is 0 Å². The van der Waals surface area contributed by atoms with Crippen LogP contribution in [0, 0.1) is 0 Å². The van der Waals surface area contributed by atoms with Crippen molar-refractivity contribution in [3.8, 4) is 33.7 Å². The highest BCUT2D eigenvalue weighted by Crippen LogP contribution is 2.44. The summed E-state index contributed by atoms with van der Waals surface area (Å²) in [5.74, 6) is 0.616. The maximum atomic E-state index is 6.61. The molecule has 4 heteroatoms. The van der Waals surface area contributed by atoms with Gasteiger partial charge in [-0.05, 0) is 105 Å². The number of hydrogen-bond donors (Lipinski definition) is 0. The van der Waals surface area contributed by atoms with Gasteiger partial charge in [-0.25, -0.2) is 4.98 Å². The third-order valence-corrected chi connectivity index (χ3v) is 10.7. The van der Waals surface area contributed by atoms with E-state index >= 15 is 0 Å². The number of benzene rings is 9. The molecule has 11 rings (SSSR count). The van der Waals surface area contributed by atoms with Crippen molar-refractivity contribution in [1.82, 2.24) is 4.98 Å². The third kappa shape index (κ3) is 5.26. The summed E-state index contributed by atoms with van der Waals surface area (Å²) >= 11 is 0. The predicted octanol–water partition coefficient (Wildman–Crippen LogP) is 14.5. The van der Waals surface area contributed by atoms with E-state index in [2.05, 4.69) is 157 Å². The minimum Gasteiger partial charge on any atom is -0.456 e. The smallest absolute Gasteiger partial charge is 0.227 e. The van der Waals surface area contributed by atoms with Crippen molar-refractivity contribution in [2.75, 3.05) is 4.90 Å². The van der Waals surface area contributed by atoms with Gasteiger partial charge in [0.05, 0.1) is 0 Å². The molecule has 0 aliphatic carbocycles. The Labute approximate surface area is 317 Å². The zero-order chi connectivity index (χ0) is 36.3. The van der Waals surface area contributed by atoms with Crippen LogP contribution in [0.3, 0.4) is 0 Å². The minimum atomic E-state index is 0.616. The Balaban J connectivity index is 1.17. The fraction of sp³-hybridized carbons (Fsp3) is 0. The molecular formula is C51H32N2O2. The Morgan fingerprint density at radius 1 is 0.382 bits per heavy atom. The third-order valence-electron chi connectivity index (χ3n) is 10.7. The summed E-state index contributed by atoms with van der Waals surface area (Å²) < 4.78 is 12.9. The number of anilines is 3. The van der Waals surface area contributed by atoms with E-state index in [1.165, 1.54) is 11.1 Å². The first-order valence-corrected chi connectivity index (χ1v) is 18.5. The molecule has 0 amide bonds. The van der Waals surface area contributed by atoms with Gasteiger partial charge in [-0.1, -0.05) is 127 Å². The first-order chi connectivity index (χ1) is 27.2. The Hall–Kier alpha value is -7.43. The number of nitrogens with zero attached hydrogens (tertiary/aromatic N) is 2. The lowest BCUT2D eigenvalue weighted by molar-refractivity contribution is 0.623. The summed E-state index contributed by atoms with van der Waals surface area (Å²) in [6.07, 6.45) is 0. The molecule has 0 saturated carbocycles. The van der Waals surface area contributed by atoms with Crippen LogP contribution >= 0.6 is 0 Å². The number of rotatable bonds is 6. The van der Waals surface area contributed by atoms with Gasteiger partial charge in [-0.15, -0.1) is 0 Å². The molecule has 0 saturated heterocycles. The second-order valence-electron chi connectivity index (χ2n) is 13.9. The van der Waals surface area contributed by atoms with Gasteiger partial charge in [-0.3, -0.25) is 0 Å². The zero-order valence-electron chi connectivity index (χ0n) is 29.7. The second-order valence-corrected chi connectivity index (χ2v) is 13.9. The van der Waals surface area contributed by atoms with Gasteiger partial charge in [-0.2, -0.15) is 0 Å². The number of para-hydroxylation sites is 1. The maximum Gasteiger partial charge on any atom is 0.227 e. The molecule has 0 atom stereocenters. The molecule has 11 aromatic rings. The topological polar surface area (TPSA) is 42.4 Å². The standard InChI is InChI=1S/C51H32N2O2/c1-4-12-33(13-5-1)41-27-25-39(30-43(41)34-14-6-2-7-15-34)53(40-26-29-48-45(32-40)42-18-10-11-19-47(42)54-48)38-24-22-35-20-21-36-23-28-46-50(49(36)44(35)31-38)55-51(52-46)37-16-8-3-9-17-37/h1-32H. The first kappa shape index (κ1) is 31.1. The maximum absolute atomic E-state index is 6.61. The summed E-state index contributed by atoms with van der Waals surface area (Å²) in [6, 6.07) is 68.2. The van der Waals surface area contributed by atoms with E-state index in [0.717, 1.165) is 88.3 Å². The second kappa shape index (κ2) is 12.6. The van der Waals surface area contributed by atoms with E-state index in [-0.39, 0.29) is 0 Å². The molecule has 0 spiro atoms. The van der Waals surface area contributed by atoms with Crippen LogP contribution in [-0.2, 0) is 0 Å². The molecule has 258 valence electrons. The van der Waals surface area contributed by atoms with Gasteiger partial charge in [0.2, 0.25) is 5.89 Å². The minimum absolute atomic E-state index is 0.616. The van der Waals surface area contributed by atoms with Gasteiger partial charge in [0.15, 0.2) is 5.58 Å². The fourth-order valence-electron chi connectivity index (χ4n) is 8.05. The van der Waals surface area contributed by atoms with Crippen molar-refractivity contribution in [1.29, 1.82) is 0 Å². The van der Waals surface area contributed by atoms with E-state index in [0.29, 0.717) is 5.89 Å². The highest BCUT2D eigenvalue weighted by atomic mass is 16.3. The molecular weight excluding hydrogens is 673 g/mol. The quantitative estimate of drug-likeness (QED) is 0.162. The van der Waals surface area contributed by atoms with Crippen molar-refractivity contribution in [3.05, 3.63) is 194 Å². The SMILES string of the molecule is c1ccc(-c2nc3ccc4ccc5ccc(N(c6ccc(-c7ccccc7)c(-c7ccccc7)c6)c6ccc7oc8ccccc8c7c6)cc5c4c3o2)cc1. The highest BCUT2D eigenvalue weighted by molar-refractivity contribution is 6.19. The summed E-state index contributed by atoms with van der Waals surface area (Å²) in [4.78, 5) is 7.28. The summed E-state index contributed by atoms with van der Waals surface area (Å²) in [5, 5.41) is 6.54. The first-order valence-electron chi connectivity index (χ1n) is 18.5. The number of fused-ring (bicyclic) bond motifs is 8. The van der Waals surface area contributed by atoms with Crippen LogP contribution in [0.1, 0.15) is 0 Å². The Morgan fingerprint density at radius 2 is 0.945 bits per heavy atom. The van der Waals surface area contributed by atoms with Crippen molar-refractivity contribution < 1.29 is 8.83 Å². The molecule has 0 unspecified atom stereocenters. The van der Waals surface area contributed by atoms with Crippen molar-refractivity contribution in [2.24, 2.45) is 0 Å². The molecule has 2 aromatic heterocycles. The van der Waals surface area contributed by atoms with Crippen LogP contribution in [0.5, 0.6) is 0 Å². The van der Waals surface area contributed by atoms with Gasteiger partial charge in [0.25, 0.3) is 0 Å². The molecule has 0 bridgehead atoms. The van der Waals surface area contributed by atoms with Crippen molar-refractivity contribution in [3.63, 3.8) is 0 Å². The van der Waals surface area contributed by atoms with Crippen molar-refractivity contribution in [2.45, 2.75) is 0 Å². The average Bonchev–Trinajstić information content (AvgIpc) is 3.87. The number of furan rings is 1. The summed E-state index contributed by atoms with van der Waals surface area (Å²) in [5.41, 5.74) is 12.1. The van der Waals surface area contributed by atoms with Crippen LogP contribution < -0.4 is 4.90 Å². The Kier molecular flexibility index (Phi) is 7.14. The Bertz CT molecular complexity index is 3200. The largest absolute Gasteiger partial charge is 0.456 e. The number of aromatic nitrogens is 1. The monoisotopic (exact) mass is 704 g/mol.